The SMILES string of the molecule is CN(c1ccccc1)c1ccc(COCC2(C)O[C@@H]3OC(C)(C)OC3C3OC(C)(C)O[C@H]32)cc1. The van der Waals surface area contributed by atoms with E-state index in [2.05, 4.69) is 48.3 Å². The normalized spacial score (nSPS) is 33.4. The molecular weight excluding hydrogens is 434 g/mol. The zero-order valence-corrected chi connectivity index (χ0v) is 20.8. The molecule has 7 heteroatoms. The Bertz CT molecular complexity index is 994. The summed E-state index contributed by atoms with van der Waals surface area (Å²) < 4.78 is 37.1. The molecule has 5 rings (SSSR count). The van der Waals surface area contributed by atoms with E-state index in [1.54, 1.807) is 0 Å². The third kappa shape index (κ3) is 4.61. The Morgan fingerprint density at radius 2 is 1.35 bits per heavy atom. The lowest BCUT2D eigenvalue weighted by atomic mass is 9.89. The monoisotopic (exact) mass is 469 g/mol. The molecule has 5 atom stereocenters. The molecular formula is C27H35NO6. The summed E-state index contributed by atoms with van der Waals surface area (Å²) >= 11 is 0. The molecule has 3 saturated heterocycles. The average molecular weight is 470 g/mol. The topological polar surface area (TPSA) is 58.6 Å². The van der Waals surface area contributed by atoms with Gasteiger partial charge in [0, 0.05) is 18.4 Å². The molecule has 3 unspecified atom stereocenters. The molecule has 0 bridgehead atoms. The first-order valence-electron chi connectivity index (χ1n) is 11.9. The van der Waals surface area contributed by atoms with Crippen LogP contribution in [0.3, 0.4) is 0 Å². The van der Waals surface area contributed by atoms with Crippen molar-refractivity contribution in [2.45, 2.75) is 83.0 Å². The first-order valence-corrected chi connectivity index (χ1v) is 11.9. The number of anilines is 2. The van der Waals surface area contributed by atoms with Crippen LogP contribution in [0.1, 0.15) is 40.2 Å². The van der Waals surface area contributed by atoms with Crippen molar-refractivity contribution in [3.63, 3.8) is 0 Å². The standard InChI is InChI=1S/C27H35NO6/c1-25(2)30-21-22-24(33-26(3,4)31-22)34-27(5,23(21)32-25)17-29-16-18-12-14-20(15-13-18)28(6)19-10-8-7-9-11-19/h7-15,21-24H,16-17H2,1-6H3/t21?,22?,23-,24+,27?/m1/s1. The van der Waals surface area contributed by atoms with Gasteiger partial charge >= 0.3 is 0 Å². The van der Waals surface area contributed by atoms with Gasteiger partial charge in [-0.3, -0.25) is 0 Å². The van der Waals surface area contributed by atoms with Crippen molar-refractivity contribution in [3.05, 3.63) is 60.2 Å². The van der Waals surface area contributed by atoms with Crippen molar-refractivity contribution in [2.75, 3.05) is 18.6 Å². The summed E-state index contributed by atoms with van der Waals surface area (Å²) in [6.07, 6.45) is -1.50. The van der Waals surface area contributed by atoms with Crippen molar-refractivity contribution in [1.29, 1.82) is 0 Å². The molecule has 2 aromatic carbocycles. The van der Waals surface area contributed by atoms with Crippen molar-refractivity contribution in [2.24, 2.45) is 0 Å². The van der Waals surface area contributed by atoms with Crippen LogP contribution in [-0.2, 0) is 35.0 Å². The predicted molar refractivity (Wildman–Crippen MR) is 128 cm³/mol. The highest BCUT2D eigenvalue weighted by molar-refractivity contribution is 5.62. The number of hydrogen-bond donors (Lipinski definition) is 0. The van der Waals surface area contributed by atoms with E-state index in [0.717, 1.165) is 16.9 Å². The molecule has 0 radical (unpaired) electrons. The minimum Gasteiger partial charge on any atom is -0.374 e. The van der Waals surface area contributed by atoms with Crippen LogP contribution >= 0.6 is 0 Å². The molecule has 3 aliphatic heterocycles. The third-order valence-electron chi connectivity index (χ3n) is 6.65. The largest absolute Gasteiger partial charge is 0.374 e. The van der Waals surface area contributed by atoms with Gasteiger partial charge in [-0.25, -0.2) is 0 Å². The minimum absolute atomic E-state index is 0.295. The van der Waals surface area contributed by atoms with E-state index in [0.29, 0.717) is 13.2 Å². The summed E-state index contributed by atoms with van der Waals surface area (Å²) in [4.78, 5) is 2.16. The van der Waals surface area contributed by atoms with Crippen LogP contribution in [-0.4, -0.2) is 55.4 Å². The molecule has 0 spiro atoms. The van der Waals surface area contributed by atoms with E-state index < -0.39 is 23.5 Å². The van der Waals surface area contributed by atoms with Crippen LogP contribution in [0.5, 0.6) is 0 Å². The zero-order valence-electron chi connectivity index (χ0n) is 20.8. The molecule has 184 valence electrons. The summed E-state index contributed by atoms with van der Waals surface area (Å²) in [5.41, 5.74) is 2.61. The van der Waals surface area contributed by atoms with Crippen LogP contribution in [0, 0.1) is 0 Å². The number of nitrogens with zero attached hydrogens (tertiary/aromatic N) is 1. The van der Waals surface area contributed by atoms with E-state index >= 15 is 0 Å². The molecule has 2 aromatic rings. The Balaban J connectivity index is 1.24. The molecule has 34 heavy (non-hydrogen) atoms. The number of benzene rings is 2. The lowest BCUT2D eigenvalue weighted by Crippen LogP contribution is -2.62. The van der Waals surface area contributed by atoms with Gasteiger partial charge in [0.1, 0.15) is 23.9 Å². The fraction of sp³-hybridized carbons (Fsp3) is 0.556. The zero-order chi connectivity index (χ0) is 24.1. The minimum atomic E-state index is -0.739. The van der Waals surface area contributed by atoms with Gasteiger partial charge in [0.05, 0.1) is 13.2 Å². The summed E-state index contributed by atoms with van der Waals surface area (Å²) in [6, 6.07) is 18.7. The second-order valence-corrected chi connectivity index (χ2v) is 10.5. The third-order valence-corrected chi connectivity index (χ3v) is 6.65. The Morgan fingerprint density at radius 3 is 2.06 bits per heavy atom. The molecule has 0 saturated carbocycles. The van der Waals surface area contributed by atoms with Crippen molar-refractivity contribution in [3.8, 4) is 0 Å². The van der Waals surface area contributed by atoms with Gasteiger partial charge in [-0.1, -0.05) is 30.3 Å². The molecule has 3 fully saturated rings. The molecule has 0 N–H and O–H groups in total. The lowest BCUT2D eigenvalue weighted by molar-refractivity contribution is -0.284. The van der Waals surface area contributed by atoms with Gasteiger partial charge in [-0.05, 0) is 64.4 Å². The van der Waals surface area contributed by atoms with Crippen LogP contribution in [0.2, 0.25) is 0 Å². The van der Waals surface area contributed by atoms with E-state index in [9.17, 15) is 0 Å². The van der Waals surface area contributed by atoms with Crippen molar-refractivity contribution in [1.82, 2.24) is 0 Å². The van der Waals surface area contributed by atoms with E-state index in [4.69, 9.17) is 28.4 Å². The first kappa shape index (κ1) is 23.7. The van der Waals surface area contributed by atoms with Crippen LogP contribution in [0.15, 0.2) is 54.6 Å². The molecule has 0 amide bonds. The lowest BCUT2D eigenvalue weighted by Gasteiger charge is -2.44. The van der Waals surface area contributed by atoms with Gasteiger partial charge < -0.3 is 33.3 Å². The Labute approximate surface area is 201 Å². The summed E-state index contributed by atoms with van der Waals surface area (Å²) in [7, 11) is 2.06. The second-order valence-electron chi connectivity index (χ2n) is 10.5. The van der Waals surface area contributed by atoms with Gasteiger partial charge in [0.25, 0.3) is 0 Å². The highest BCUT2D eigenvalue weighted by Gasteiger charge is 2.64. The van der Waals surface area contributed by atoms with Gasteiger partial charge in [0.2, 0.25) is 0 Å². The smallest absolute Gasteiger partial charge is 0.190 e. The Morgan fingerprint density at radius 1 is 0.735 bits per heavy atom. The summed E-state index contributed by atoms with van der Waals surface area (Å²) in [5, 5.41) is 0. The van der Waals surface area contributed by atoms with E-state index in [-0.39, 0.29) is 18.3 Å². The first-order chi connectivity index (χ1) is 16.1. The quantitative estimate of drug-likeness (QED) is 0.605. The number of para-hydroxylation sites is 1. The maximum atomic E-state index is 6.39. The maximum Gasteiger partial charge on any atom is 0.190 e. The molecule has 3 aliphatic rings. The molecule has 0 aromatic heterocycles. The van der Waals surface area contributed by atoms with Crippen molar-refractivity contribution < 1.29 is 28.4 Å². The van der Waals surface area contributed by atoms with Gasteiger partial charge in [0.15, 0.2) is 17.9 Å². The number of ether oxygens (including phenoxy) is 6. The number of rotatable bonds is 6. The second kappa shape index (κ2) is 8.59. The van der Waals surface area contributed by atoms with Crippen LogP contribution < -0.4 is 4.90 Å². The van der Waals surface area contributed by atoms with Crippen LogP contribution in [0.4, 0.5) is 11.4 Å². The fourth-order valence-electron chi connectivity index (χ4n) is 5.01. The Kier molecular flexibility index (Phi) is 5.99. The predicted octanol–water partition coefficient (Wildman–Crippen LogP) is 4.76. The molecule has 3 heterocycles. The summed E-state index contributed by atoms with van der Waals surface area (Å²) in [6.45, 7) is 10.4. The van der Waals surface area contributed by atoms with Crippen LogP contribution in [0.25, 0.3) is 0 Å². The highest BCUT2D eigenvalue weighted by atomic mass is 16.9. The number of fused-ring (bicyclic) bond motifs is 3. The average Bonchev–Trinajstić information content (AvgIpc) is 3.29. The molecule has 0 aliphatic carbocycles. The summed E-state index contributed by atoms with van der Waals surface area (Å²) in [5.74, 6) is -1.47. The number of hydrogen-bond acceptors (Lipinski definition) is 7. The maximum absolute atomic E-state index is 6.39. The van der Waals surface area contributed by atoms with E-state index in [1.165, 1.54) is 0 Å². The molecule has 7 nitrogen and oxygen atoms in total. The fourth-order valence-corrected chi connectivity index (χ4v) is 5.01. The highest BCUT2D eigenvalue weighted by Crippen LogP contribution is 2.47. The van der Waals surface area contributed by atoms with Gasteiger partial charge in [-0.2, -0.15) is 0 Å². The Hall–Kier alpha value is -2.00. The van der Waals surface area contributed by atoms with Crippen molar-refractivity contribution >= 4 is 11.4 Å². The van der Waals surface area contributed by atoms with Gasteiger partial charge in [-0.15, -0.1) is 0 Å². The van der Waals surface area contributed by atoms with E-state index in [1.807, 2.05) is 52.8 Å².